The van der Waals surface area contributed by atoms with Gasteiger partial charge in [-0.15, -0.1) is 0 Å². The number of nitrogens with zero attached hydrogens (tertiary/aromatic N) is 2. The first-order valence-corrected chi connectivity index (χ1v) is 16.1. The molecule has 2 aromatic rings. The van der Waals surface area contributed by atoms with Crippen LogP contribution in [-0.2, 0) is 19.1 Å². The molecule has 2 aliphatic heterocycles. The lowest BCUT2D eigenvalue weighted by Crippen LogP contribution is -2.46. The summed E-state index contributed by atoms with van der Waals surface area (Å²) in [6, 6.07) is 10.3. The number of allylic oxidation sites excluding steroid dienone is 2. The monoisotopic (exact) mass is 731 g/mol. The Hall–Kier alpha value is -3.33. The minimum Gasteiger partial charge on any atom is -0.479 e. The molecule has 0 bridgehead atoms. The second-order valence-corrected chi connectivity index (χ2v) is 12.0. The van der Waals surface area contributed by atoms with Crippen LogP contribution < -0.4 is 15.0 Å². The van der Waals surface area contributed by atoms with E-state index in [2.05, 4.69) is 58.8 Å². The maximum Gasteiger partial charge on any atom is 0.336 e. The van der Waals surface area contributed by atoms with Crippen molar-refractivity contribution in [3.05, 3.63) is 79.3 Å². The van der Waals surface area contributed by atoms with Crippen LogP contribution >= 0.6 is 31.9 Å². The SMILES string of the molecule is CCOC(=O)C1=C(C)NC(C)=C(C(=O)OCC)C1c1cc(Br)cc(Br)c1OCC#CCN1CCN(c2ccc(F)cc2)CC1. The average molecular weight is 733 g/mol. The van der Waals surface area contributed by atoms with Crippen LogP contribution in [0.3, 0.4) is 0 Å². The highest BCUT2D eigenvalue weighted by Crippen LogP contribution is 2.46. The lowest BCUT2D eigenvalue weighted by atomic mass is 9.80. The summed E-state index contributed by atoms with van der Waals surface area (Å²) in [6.07, 6.45) is 0. The summed E-state index contributed by atoms with van der Waals surface area (Å²) in [4.78, 5) is 31.0. The molecule has 0 aromatic heterocycles. The van der Waals surface area contributed by atoms with Gasteiger partial charge >= 0.3 is 11.9 Å². The third-order valence-corrected chi connectivity index (χ3v) is 8.43. The summed E-state index contributed by atoms with van der Waals surface area (Å²) in [5, 5.41) is 3.16. The molecule has 4 rings (SSSR count). The molecule has 8 nitrogen and oxygen atoms in total. The van der Waals surface area contributed by atoms with Crippen LogP contribution in [0.5, 0.6) is 5.75 Å². The zero-order valence-electron chi connectivity index (χ0n) is 25.3. The third kappa shape index (κ3) is 8.03. The number of nitrogens with one attached hydrogen (secondary N) is 1. The molecule has 0 aliphatic carbocycles. The Morgan fingerprint density at radius 3 is 2.09 bits per heavy atom. The predicted molar refractivity (Wildman–Crippen MR) is 175 cm³/mol. The van der Waals surface area contributed by atoms with Crippen LogP contribution in [0.2, 0.25) is 0 Å². The summed E-state index contributed by atoms with van der Waals surface area (Å²) in [7, 11) is 0. The van der Waals surface area contributed by atoms with Gasteiger partial charge in [0, 0.05) is 53.3 Å². The number of dihydropyridines is 1. The Morgan fingerprint density at radius 2 is 1.52 bits per heavy atom. The van der Waals surface area contributed by atoms with Crippen LogP contribution in [0.15, 0.2) is 67.9 Å². The Kier molecular flexibility index (Phi) is 11.9. The molecule has 0 saturated carbocycles. The number of carbonyl (C=O) groups is 2. The zero-order chi connectivity index (χ0) is 31.8. The van der Waals surface area contributed by atoms with Crippen LogP contribution in [0.1, 0.15) is 39.2 Å². The molecule has 0 spiro atoms. The third-order valence-electron chi connectivity index (χ3n) is 7.38. The summed E-state index contributed by atoms with van der Waals surface area (Å²) in [6.45, 7) is 11.4. The summed E-state index contributed by atoms with van der Waals surface area (Å²) < 4.78 is 31.7. The summed E-state index contributed by atoms with van der Waals surface area (Å²) in [5.74, 6) is 4.67. The highest BCUT2D eigenvalue weighted by atomic mass is 79.9. The molecular formula is C33H36Br2FN3O5. The van der Waals surface area contributed by atoms with Gasteiger partial charge in [-0.2, -0.15) is 0 Å². The first-order chi connectivity index (χ1) is 21.1. The number of carbonyl (C=O) groups excluding carboxylic acids is 2. The van der Waals surface area contributed by atoms with Crippen LogP contribution in [0.25, 0.3) is 0 Å². The fraction of sp³-hybridized carbons (Fsp3) is 0.394. The zero-order valence-corrected chi connectivity index (χ0v) is 28.4. The van der Waals surface area contributed by atoms with Gasteiger partial charge in [0.2, 0.25) is 0 Å². The molecular weight excluding hydrogens is 697 g/mol. The van der Waals surface area contributed by atoms with Gasteiger partial charge < -0.3 is 24.4 Å². The maximum atomic E-state index is 13.3. The number of rotatable bonds is 9. The van der Waals surface area contributed by atoms with Gasteiger partial charge in [-0.1, -0.05) is 27.8 Å². The minimum atomic E-state index is -0.802. The van der Waals surface area contributed by atoms with E-state index in [1.54, 1.807) is 39.8 Å². The second kappa shape index (κ2) is 15.6. The highest BCUT2D eigenvalue weighted by Gasteiger charge is 2.40. The molecule has 2 heterocycles. The Morgan fingerprint density at radius 1 is 0.932 bits per heavy atom. The van der Waals surface area contributed by atoms with Crippen molar-refractivity contribution in [1.82, 2.24) is 10.2 Å². The van der Waals surface area contributed by atoms with Gasteiger partial charge in [0.05, 0.1) is 41.3 Å². The molecule has 234 valence electrons. The van der Waals surface area contributed by atoms with E-state index in [4.69, 9.17) is 14.2 Å². The van der Waals surface area contributed by atoms with Crippen molar-refractivity contribution in [1.29, 1.82) is 0 Å². The smallest absolute Gasteiger partial charge is 0.336 e. The van der Waals surface area contributed by atoms with Gasteiger partial charge in [-0.25, -0.2) is 14.0 Å². The van der Waals surface area contributed by atoms with Crippen LogP contribution in [-0.4, -0.2) is 69.4 Å². The van der Waals surface area contributed by atoms with Gasteiger partial charge in [-0.3, -0.25) is 4.90 Å². The number of ether oxygens (including phenoxy) is 3. The molecule has 0 atom stereocenters. The summed E-state index contributed by atoms with van der Waals surface area (Å²) in [5.41, 5.74) is 3.39. The summed E-state index contributed by atoms with van der Waals surface area (Å²) >= 11 is 7.17. The van der Waals surface area contributed by atoms with E-state index in [1.807, 2.05) is 12.1 Å². The molecule has 1 fully saturated rings. The molecule has 0 amide bonds. The normalized spacial score (nSPS) is 15.8. The number of anilines is 1. The van der Waals surface area contributed by atoms with Crippen molar-refractivity contribution in [2.75, 3.05) is 57.4 Å². The Labute approximate surface area is 274 Å². The van der Waals surface area contributed by atoms with Gasteiger partial charge in [0.1, 0.15) is 18.2 Å². The number of halogens is 3. The van der Waals surface area contributed by atoms with Gasteiger partial charge in [0.15, 0.2) is 0 Å². The van der Waals surface area contributed by atoms with E-state index in [-0.39, 0.29) is 25.6 Å². The first-order valence-electron chi connectivity index (χ1n) is 14.5. The van der Waals surface area contributed by atoms with E-state index in [0.717, 1.165) is 36.3 Å². The van der Waals surface area contributed by atoms with Crippen molar-refractivity contribution in [2.24, 2.45) is 0 Å². The molecule has 2 aliphatic rings. The number of benzene rings is 2. The fourth-order valence-electron chi connectivity index (χ4n) is 5.35. The Balaban J connectivity index is 1.53. The predicted octanol–water partition coefficient (Wildman–Crippen LogP) is 5.92. The molecule has 1 saturated heterocycles. The second-order valence-electron chi connectivity index (χ2n) is 10.3. The number of piperazine rings is 1. The number of hydrogen-bond acceptors (Lipinski definition) is 8. The fourth-order valence-corrected chi connectivity index (χ4v) is 6.73. The molecule has 11 heteroatoms. The molecule has 1 N–H and O–H groups in total. The molecule has 44 heavy (non-hydrogen) atoms. The molecule has 0 radical (unpaired) electrons. The van der Waals surface area contributed by atoms with Gasteiger partial charge in [0.25, 0.3) is 0 Å². The lowest BCUT2D eigenvalue weighted by Gasteiger charge is -2.35. The van der Waals surface area contributed by atoms with E-state index in [9.17, 15) is 14.0 Å². The highest BCUT2D eigenvalue weighted by molar-refractivity contribution is 9.11. The topological polar surface area (TPSA) is 80.3 Å². The van der Waals surface area contributed by atoms with Crippen LogP contribution in [0.4, 0.5) is 10.1 Å². The van der Waals surface area contributed by atoms with Gasteiger partial charge in [-0.05, 0) is 80.0 Å². The first kappa shape index (κ1) is 33.6. The number of hydrogen-bond donors (Lipinski definition) is 1. The molecule has 0 unspecified atom stereocenters. The van der Waals surface area contributed by atoms with Crippen molar-refractivity contribution < 1.29 is 28.2 Å². The standard InChI is InChI=1S/C33H36Br2FN3O5/c1-5-42-32(40)28-21(3)37-22(4)29(33(41)43-6-2)30(28)26-19-23(34)20-27(35)31(26)44-18-8-7-13-38-14-16-39(17-15-38)25-11-9-24(36)10-12-25/h9-12,19-20,30,37H,5-6,13-18H2,1-4H3. The maximum absolute atomic E-state index is 13.3. The molecule has 2 aromatic carbocycles. The van der Waals surface area contributed by atoms with E-state index in [0.29, 0.717) is 44.9 Å². The lowest BCUT2D eigenvalue weighted by molar-refractivity contribution is -0.139. The van der Waals surface area contributed by atoms with Crippen molar-refractivity contribution in [2.45, 2.75) is 33.6 Å². The van der Waals surface area contributed by atoms with Crippen molar-refractivity contribution >= 4 is 49.5 Å². The largest absolute Gasteiger partial charge is 0.479 e. The Bertz CT molecular complexity index is 1470. The number of esters is 2. The van der Waals surface area contributed by atoms with E-state index >= 15 is 0 Å². The average Bonchev–Trinajstić information content (AvgIpc) is 2.98. The van der Waals surface area contributed by atoms with E-state index < -0.39 is 17.9 Å². The van der Waals surface area contributed by atoms with E-state index in [1.165, 1.54) is 12.1 Å². The van der Waals surface area contributed by atoms with Crippen molar-refractivity contribution in [3.8, 4) is 17.6 Å². The van der Waals surface area contributed by atoms with Crippen molar-refractivity contribution in [3.63, 3.8) is 0 Å². The quantitative estimate of drug-likeness (QED) is 0.252. The minimum absolute atomic E-state index is 0.0998. The van der Waals surface area contributed by atoms with Crippen LogP contribution in [0, 0.1) is 17.7 Å².